The number of benzene rings is 1. The summed E-state index contributed by atoms with van der Waals surface area (Å²) in [6.07, 6.45) is 0.486. The van der Waals surface area contributed by atoms with Gasteiger partial charge in [0.25, 0.3) is 5.91 Å². The van der Waals surface area contributed by atoms with Gasteiger partial charge in [-0.1, -0.05) is 0 Å². The fourth-order valence-electron chi connectivity index (χ4n) is 2.70. The number of carbonyl (C=O) groups excluding carboxylic acids is 2. The van der Waals surface area contributed by atoms with Crippen molar-refractivity contribution in [3.8, 4) is 11.5 Å². The quantitative estimate of drug-likeness (QED) is 0.808. The third-order valence-corrected chi connectivity index (χ3v) is 4.14. The van der Waals surface area contributed by atoms with E-state index in [4.69, 9.17) is 9.47 Å². The number of nitrogens with zero attached hydrogens (tertiary/aromatic N) is 2. The van der Waals surface area contributed by atoms with Crippen LogP contribution >= 0.6 is 12.4 Å². The Bertz CT molecular complexity index is 589. The van der Waals surface area contributed by atoms with Crippen molar-refractivity contribution in [3.05, 3.63) is 23.8 Å². The first-order valence-electron chi connectivity index (χ1n) is 8.04. The van der Waals surface area contributed by atoms with E-state index in [9.17, 15) is 9.59 Å². The zero-order valence-corrected chi connectivity index (χ0v) is 15.7. The zero-order valence-electron chi connectivity index (χ0n) is 14.9. The van der Waals surface area contributed by atoms with Crippen molar-refractivity contribution in [2.45, 2.75) is 6.42 Å². The van der Waals surface area contributed by atoms with Crippen LogP contribution in [0.5, 0.6) is 11.5 Å². The topological polar surface area (TPSA) is 71.1 Å². The van der Waals surface area contributed by atoms with E-state index in [0.717, 1.165) is 0 Å². The lowest BCUT2D eigenvalue weighted by Crippen LogP contribution is -2.50. The number of hydrogen-bond donors (Lipinski definition) is 1. The minimum atomic E-state index is -0.0572. The highest BCUT2D eigenvalue weighted by Gasteiger charge is 2.25. The molecule has 1 aromatic carbocycles. The first-order chi connectivity index (χ1) is 11.6. The Balaban J connectivity index is 0.00000312. The standard InChI is InChI=1S/C17H25N3O4.ClH/c1-18-7-6-16(21)19-8-10-20(11-9-19)17(22)13-4-5-14(23-2)15(12-13)24-3;/h4-5,12,18H,6-11H2,1-3H3;1H. The number of amides is 2. The Morgan fingerprint density at radius 3 is 2.20 bits per heavy atom. The van der Waals surface area contributed by atoms with E-state index in [-0.39, 0.29) is 24.2 Å². The number of rotatable bonds is 6. The van der Waals surface area contributed by atoms with Gasteiger partial charge in [-0.05, 0) is 25.2 Å². The van der Waals surface area contributed by atoms with Crippen LogP contribution < -0.4 is 14.8 Å². The smallest absolute Gasteiger partial charge is 0.254 e. The van der Waals surface area contributed by atoms with Crippen LogP contribution in [0.1, 0.15) is 16.8 Å². The van der Waals surface area contributed by atoms with Gasteiger partial charge in [0.15, 0.2) is 11.5 Å². The fraction of sp³-hybridized carbons (Fsp3) is 0.529. The number of methoxy groups -OCH3 is 2. The van der Waals surface area contributed by atoms with Gasteiger partial charge in [0.05, 0.1) is 14.2 Å². The summed E-state index contributed by atoms with van der Waals surface area (Å²) in [5.74, 6) is 1.19. The molecule has 1 aliphatic rings. The Morgan fingerprint density at radius 2 is 1.64 bits per heavy atom. The molecule has 7 nitrogen and oxygen atoms in total. The lowest BCUT2D eigenvalue weighted by molar-refractivity contribution is -0.132. The van der Waals surface area contributed by atoms with E-state index in [1.165, 1.54) is 0 Å². The van der Waals surface area contributed by atoms with Crippen LogP contribution in [0.3, 0.4) is 0 Å². The highest BCUT2D eigenvalue weighted by Crippen LogP contribution is 2.28. The van der Waals surface area contributed by atoms with E-state index in [1.54, 1.807) is 37.3 Å². The molecule has 0 radical (unpaired) electrons. The van der Waals surface area contributed by atoms with Gasteiger partial charge in [0.1, 0.15) is 0 Å². The molecule has 0 atom stereocenters. The Hall–Kier alpha value is -1.99. The second-order valence-electron chi connectivity index (χ2n) is 5.60. The molecule has 25 heavy (non-hydrogen) atoms. The predicted molar refractivity (Wildman–Crippen MR) is 97.8 cm³/mol. The minimum Gasteiger partial charge on any atom is -0.493 e. The molecule has 0 aromatic heterocycles. The minimum absolute atomic E-state index is 0. The molecule has 0 aliphatic carbocycles. The van der Waals surface area contributed by atoms with Crippen LogP contribution in [0, 0.1) is 0 Å². The summed E-state index contributed by atoms with van der Waals surface area (Å²) in [5.41, 5.74) is 0.558. The molecule has 2 amide bonds. The van der Waals surface area contributed by atoms with Crippen molar-refractivity contribution in [1.29, 1.82) is 0 Å². The lowest BCUT2D eigenvalue weighted by Gasteiger charge is -2.35. The van der Waals surface area contributed by atoms with Gasteiger partial charge in [-0.3, -0.25) is 9.59 Å². The van der Waals surface area contributed by atoms with Crippen molar-refractivity contribution in [2.24, 2.45) is 0 Å². The van der Waals surface area contributed by atoms with Crippen LogP contribution in [0.4, 0.5) is 0 Å². The van der Waals surface area contributed by atoms with Crippen molar-refractivity contribution < 1.29 is 19.1 Å². The molecule has 8 heteroatoms. The van der Waals surface area contributed by atoms with Crippen molar-refractivity contribution in [2.75, 3.05) is 54.0 Å². The van der Waals surface area contributed by atoms with Crippen LogP contribution in [0.2, 0.25) is 0 Å². The highest BCUT2D eigenvalue weighted by molar-refractivity contribution is 5.95. The van der Waals surface area contributed by atoms with Crippen molar-refractivity contribution in [3.63, 3.8) is 0 Å². The number of carbonyl (C=O) groups is 2. The zero-order chi connectivity index (χ0) is 17.5. The maximum absolute atomic E-state index is 12.6. The average molecular weight is 372 g/mol. The molecule has 0 unspecified atom stereocenters. The number of piperazine rings is 1. The van der Waals surface area contributed by atoms with Gasteiger partial charge >= 0.3 is 0 Å². The van der Waals surface area contributed by atoms with E-state index >= 15 is 0 Å². The summed E-state index contributed by atoms with van der Waals surface area (Å²) >= 11 is 0. The molecule has 140 valence electrons. The maximum Gasteiger partial charge on any atom is 0.254 e. The van der Waals surface area contributed by atoms with Crippen molar-refractivity contribution >= 4 is 24.2 Å². The van der Waals surface area contributed by atoms with Gasteiger partial charge in [-0.2, -0.15) is 0 Å². The molecule has 0 bridgehead atoms. The Morgan fingerprint density at radius 1 is 1.04 bits per heavy atom. The monoisotopic (exact) mass is 371 g/mol. The van der Waals surface area contributed by atoms with E-state index in [0.29, 0.717) is 56.2 Å². The summed E-state index contributed by atoms with van der Waals surface area (Å²) in [6, 6.07) is 5.14. The molecule has 2 rings (SSSR count). The molecule has 1 aromatic rings. The maximum atomic E-state index is 12.6. The van der Waals surface area contributed by atoms with Gasteiger partial charge in [0, 0.05) is 44.7 Å². The Kier molecular flexibility index (Phi) is 8.51. The third kappa shape index (κ3) is 5.24. The summed E-state index contributed by atoms with van der Waals surface area (Å²) in [5, 5.41) is 2.97. The van der Waals surface area contributed by atoms with E-state index in [2.05, 4.69) is 5.32 Å². The number of halogens is 1. The number of nitrogens with one attached hydrogen (secondary N) is 1. The third-order valence-electron chi connectivity index (χ3n) is 4.14. The normalized spacial score (nSPS) is 13.9. The molecular weight excluding hydrogens is 346 g/mol. The summed E-state index contributed by atoms with van der Waals surface area (Å²) < 4.78 is 10.4. The second-order valence-corrected chi connectivity index (χ2v) is 5.60. The summed E-state index contributed by atoms with van der Waals surface area (Å²) in [7, 11) is 4.93. The van der Waals surface area contributed by atoms with Crippen LogP contribution in [0.15, 0.2) is 18.2 Å². The highest BCUT2D eigenvalue weighted by atomic mass is 35.5. The van der Waals surface area contributed by atoms with Crippen LogP contribution in [-0.2, 0) is 4.79 Å². The van der Waals surface area contributed by atoms with E-state index in [1.807, 2.05) is 11.9 Å². The van der Waals surface area contributed by atoms with Gasteiger partial charge in [-0.25, -0.2) is 0 Å². The largest absolute Gasteiger partial charge is 0.493 e. The molecule has 1 heterocycles. The fourth-order valence-corrected chi connectivity index (χ4v) is 2.70. The number of hydrogen-bond acceptors (Lipinski definition) is 5. The van der Waals surface area contributed by atoms with Gasteiger partial charge in [0.2, 0.25) is 5.91 Å². The molecule has 1 aliphatic heterocycles. The molecule has 1 saturated heterocycles. The van der Waals surface area contributed by atoms with Gasteiger partial charge < -0.3 is 24.6 Å². The van der Waals surface area contributed by atoms with Crippen LogP contribution in [-0.4, -0.2) is 75.6 Å². The number of ether oxygens (including phenoxy) is 2. The summed E-state index contributed by atoms with van der Waals surface area (Å²) in [6.45, 7) is 2.89. The molecule has 1 N–H and O–H groups in total. The predicted octanol–water partition coefficient (Wildman–Crippen LogP) is 1.02. The SMILES string of the molecule is CNCCC(=O)N1CCN(C(=O)c2ccc(OC)c(OC)c2)CC1.Cl. The Labute approximate surface area is 154 Å². The van der Waals surface area contributed by atoms with Crippen molar-refractivity contribution in [1.82, 2.24) is 15.1 Å². The van der Waals surface area contributed by atoms with E-state index < -0.39 is 0 Å². The first-order valence-corrected chi connectivity index (χ1v) is 8.04. The second kappa shape index (κ2) is 10.1. The molecular formula is C17H26ClN3O4. The lowest BCUT2D eigenvalue weighted by atomic mass is 10.1. The average Bonchev–Trinajstić information content (AvgIpc) is 2.64. The molecule has 0 spiro atoms. The molecule has 0 saturated carbocycles. The van der Waals surface area contributed by atoms with Crippen LogP contribution in [0.25, 0.3) is 0 Å². The molecule has 1 fully saturated rings. The summed E-state index contributed by atoms with van der Waals surface area (Å²) in [4.78, 5) is 28.2. The van der Waals surface area contributed by atoms with Gasteiger partial charge in [-0.15, -0.1) is 12.4 Å². The first kappa shape index (κ1) is 21.1.